The molecule has 0 spiro atoms. The number of aryl methyl sites for hydroxylation is 1. The van der Waals surface area contributed by atoms with E-state index in [1.54, 1.807) is 0 Å². The zero-order chi connectivity index (χ0) is 15.0. The fraction of sp³-hybridized carbons (Fsp3) is 0.118. The molecular formula is C17H13BrO3. The number of carboxylic acids is 1. The van der Waals surface area contributed by atoms with Gasteiger partial charge < -0.3 is 9.52 Å². The van der Waals surface area contributed by atoms with E-state index in [0.717, 1.165) is 33.2 Å². The molecule has 0 fully saturated rings. The molecule has 0 saturated heterocycles. The first-order valence-corrected chi connectivity index (χ1v) is 7.34. The molecular weight excluding hydrogens is 332 g/mol. The Morgan fingerprint density at radius 3 is 2.62 bits per heavy atom. The van der Waals surface area contributed by atoms with Gasteiger partial charge in [-0.15, -0.1) is 0 Å². The number of hydrogen-bond acceptors (Lipinski definition) is 2. The average Bonchev–Trinajstić information content (AvgIpc) is 2.76. The maximum Gasteiger partial charge on any atom is 0.307 e. The Hall–Kier alpha value is -2.07. The van der Waals surface area contributed by atoms with Crippen LogP contribution in [0.4, 0.5) is 0 Å². The first-order chi connectivity index (χ1) is 10.1. The fourth-order valence-electron chi connectivity index (χ4n) is 2.57. The summed E-state index contributed by atoms with van der Waals surface area (Å²) in [6.45, 7) is 1.93. The van der Waals surface area contributed by atoms with Crippen LogP contribution in [0, 0.1) is 6.92 Å². The van der Waals surface area contributed by atoms with E-state index in [1.165, 1.54) is 0 Å². The van der Waals surface area contributed by atoms with Gasteiger partial charge in [-0.2, -0.15) is 0 Å². The van der Waals surface area contributed by atoms with Crippen LogP contribution in [0.25, 0.3) is 22.1 Å². The summed E-state index contributed by atoms with van der Waals surface area (Å²) in [7, 11) is 0. The van der Waals surface area contributed by atoms with Crippen molar-refractivity contribution in [2.45, 2.75) is 13.3 Å². The summed E-state index contributed by atoms with van der Waals surface area (Å²) in [6, 6.07) is 13.7. The molecule has 0 radical (unpaired) electrons. The number of carboxylic acid groups (broad SMARTS) is 1. The summed E-state index contributed by atoms with van der Waals surface area (Å²) in [5.74, 6) is -0.836. The van der Waals surface area contributed by atoms with Crippen molar-refractivity contribution in [1.29, 1.82) is 0 Å². The van der Waals surface area contributed by atoms with Crippen molar-refractivity contribution in [2.75, 3.05) is 0 Å². The second-order valence-corrected chi connectivity index (χ2v) is 5.70. The maximum absolute atomic E-state index is 10.9. The summed E-state index contributed by atoms with van der Waals surface area (Å²) < 4.78 is 6.48. The molecule has 0 atom stereocenters. The Morgan fingerprint density at radius 2 is 1.95 bits per heavy atom. The second-order valence-electron chi connectivity index (χ2n) is 4.98. The van der Waals surface area contributed by atoms with Crippen LogP contribution in [0.15, 0.2) is 51.6 Å². The first kappa shape index (κ1) is 13.9. The van der Waals surface area contributed by atoms with E-state index < -0.39 is 5.97 Å². The van der Waals surface area contributed by atoms with Crippen LogP contribution in [0.3, 0.4) is 0 Å². The fourth-order valence-corrected chi connectivity index (χ4v) is 3.17. The zero-order valence-corrected chi connectivity index (χ0v) is 13.0. The van der Waals surface area contributed by atoms with Gasteiger partial charge in [-0.1, -0.05) is 36.4 Å². The Kier molecular flexibility index (Phi) is 3.55. The third-order valence-corrected chi connectivity index (χ3v) is 3.97. The predicted octanol–water partition coefficient (Wildman–Crippen LogP) is 4.80. The zero-order valence-electron chi connectivity index (χ0n) is 11.4. The average molecular weight is 345 g/mol. The van der Waals surface area contributed by atoms with Gasteiger partial charge >= 0.3 is 5.97 Å². The van der Waals surface area contributed by atoms with Crippen LogP contribution < -0.4 is 0 Å². The summed E-state index contributed by atoms with van der Waals surface area (Å²) >= 11 is 3.47. The van der Waals surface area contributed by atoms with E-state index in [2.05, 4.69) is 15.9 Å². The standard InChI is InChI=1S/C17H13BrO3/c1-10-7-11(9-14(19)20)8-13-15(17(18)21-16(10)13)12-5-3-2-4-6-12/h2-8H,9H2,1H3,(H,19,20). The van der Waals surface area contributed by atoms with Crippen molar-refractivity contribution in [3.63, 3.8) is 0 Å². The summed E-state index contributed by atoms with van der Waals surface area (Å²) in [6.07, 6.45) is 0.00775. The van der Waals surface area contributed by atoms with Gasteiger partial charge in [0.2, 0.25) is 0 Å². The molecule has 106 valence electrons. The summed E-state index contributed by atoms with van der Waals surface area (Å²) in [5, 5.41) is 9.92. The van der Waals surface area contributed by atoms with Crippen LogP contribution >= 0.6 is 15.9 Å². The molecule has 3 rings (SSSR count). The number of benzene rings is 2. The Labute approximate surface area is 130 Å². The van der Waals surface area contributed by atoms with E-state index in [9.17, 15) is 4.79 Å². The molecule has 4 heteroatoms. The highest BCUT2D eigenvalue weighted by Crippen LogP contribution is 2.39. The van der Waals surface area contributed by atoms with E-state index in [1.807, 2.05) is 49.4 Å². The van der Waals surface area contributed by atoms with Crippen LogP contribution in [-0.4, -0.2) is 11.1 Å². The van der Waals surface area contributed by atoms with Gasteiger partial charge in [0.15, 0.2) is 4.67 Å². The lowest BCUT2D eigenvalue weighted by Gasteiger charge is -2.03. The van der Waals surface area contributed by atoms with E-state index in [0.29, 0.717) is 4.67 Å². The lowest BCUT2D eigenvalue weighted by molar-refractivity contribution is -0.136. The highest BCUT2D eigenvalue weighted by Gasteiger charge is 2.17. The van der Waals surface area contributed by atoms with Crippen molar-refractivity contribution in [1.82, 2.24) is 0 Å². The molecule has 0 amide bonds. The van der Waals surface area contributed by atoms with Gasteiger partial charge in [-0.05, 0) is 45.6 Å². The third kappa shape index (κ3) is 2.59. The highest BCUT2D eigenvalue weighted by molar-refractivity contribution is 9.10. The molecule has 0 aliphatic rings. The summed E-state index contributed by atoms with van der Waals surface area (Å²) in [4.78, 5) is 10.9. The molecule has 0 aliphatic carbocycles. The smallest absolute Gasteiger partial charge is 0.307 e. The molecule has 0 aliphatic heterocycles. The lowest BCUT2D eigenvalue weighted by Crippen LogP contribution is -2.00. The van der Waals surface area contributed by atoms with Crippen LogP contribution in [0.5, 0.6) is 0 Å². The van der Waals surface area contributed by atoms with Crippen molar-refractivity contribution in [3.8, 4) is 11.1 Å². The number of fused-ring (bicyclic) bond motifs is 1. The van der Waals surface area contributed by atoms with E-state index >= 15 is 0 Å². The molecule has 3 nitrogen and oxygen atoms in total. The molecule has 2 aromatic carbocycles. The maximum atomic E-state index is 10.9. The molecule has 0 saturated carbocycles. The van der Waals surface area contributed by atoms with Gasteiger partial charge in [0.1, 0.15) is 5.58 Å². The van der Waals surface area contributed by atoms with Crippen molar-refractivity contribution in [2.24, 2.45) is 0 Å². The number of aliphatic carboxylic acids is 1. The lowest BCUT2D eigenvalue weighted by atomic mass is 10.00. The van der Waals surface area contributed by atoms with Crippen LogP contribution in [0.1, 0.15) is 11.1 Å². The van der Waals surface area contributed by atoms with Gasteiger partial charge in [0, 0.05) is 10.9 Å². The topological polar surface area (TPSA) is 50.4 Å². The normalized spacial score (nSPS) is 11.0. The van der Waals surface area contributed by atoms with Crippen LogP contribution in [0.2, 0.25) is 0 Å². The van der Waals surface area contributed by atoms with E-state index in [-0.39, 0.29) is 6.42 Å². The van der Waals surface area contributed by atoms with E-state index in [4.69, 9.17) is 9.52 Å². The highest BCUT2D eigenvalue weighted by atomic mass is 79.9. The molecule has 1 N–H and O–H groups in total. The number of halogens is 1. The number of carbonyl (C=O) groups is 1. The molecule has 0 bridgehead atoms. The molecule has 1 heterocycles. The largest absolute Gasteiger partial charge is 0.481 e. The molecule has 3 aromatic rings. The van der Waals surface area contributed by atoms with Gasteiger partial charge in [-0.25, -0.2) is 0 Å². The van der Waals surface area contributed by atoms with Gasteiger partial charge in [0.25, 0.3) is 0 Å². The molecule has 1 aromatic heterocycles. The Bertz CT molecular complexity index is 819. The minimum Gasteiger partial charge on any atom is -0.481 e. The Morgan fingerprint density at radius 1 is 1.24 bits per heavy atom. The van der Waals surface area contributed by atoms with Gasteiger partial charge in [-0.3, -0.25) is 4.79 Å². The predicted molar refractivity (Wildman–Crippen MR) is 85.4 cm³/mol. The summed E-state index contributed by atoms with van der Waals surface area (Å²) in [5.41, 5.74) is 4.50. The number of rotatable bonds is 3. The molecule has 21 heavy (non-hydrogen) atoms. The quantitative estimate of drug-likeness (QED) is 0.742. The number of hydrogen-bond donors (Lipinski definition) is 1. The van der Waals surface area contributed by atoms with Crippen LogP contribution in [-0.2, 0) is 11.2 Å². The third-order valence-electron chi connectivity index (χ3n) is 3.41. The Balaban J connectivity index is 2.27. The van der Waals surface area contributed by atoms with Crippen molar-refractivity contribution in [3.05, 3.63) is 58.3 Å². The SMILES string of the molecule is Cc1cc(CC(=O)O)cc2c(-c3ccccc3)c(Br)oc12. The van der Waals surface area contributed by atoms with Crippen molar-refractivity contribution < 1.29 is 14.3 Å². The minimum atomic E-state index is -0.836. The molecule has 0 unspecified atom stereocenters. The first-order valence-electron chi connectivity index (χ1n) is 6.55. The second kappa shape index (κ2) is 5.37. The minimum absolute atomic E-state index is 0.00775. The van der Waals surface area contributed by atoms with Gasteiger partial charge in [0.05, 0.1) is 6.42 Å². The monoisotopic (exact) mass is 344 g/mol. The number of furan rings is 1. The van der Waals surface area contributed by atoms with Crippen molar-refractivity contribution >= 4 is 32.9 Å².